The zero-order valence-corrected chi connectivity index (χ0v) is 15.3. The molecule has 5 nitrogen and oxygen atoms in total. The van der Waals surface area contributed by atoms with Gasteiger partial charge in [0.05, 0.1) is 7.11 Å². The lowest BCUT2D eigenvalue weighted by atomic mass is 10.1. The minimum absolute atomic E-state index is 0.0819. The summed E-state index contributed by atoms with van der Waals surface area (Å²) >= 11 is 0. The average Bonchev–Trinajstić information content (AvgIpc) is 2.56. The number of nitrogens with zero attached hydrogens (tertiary/aromatic N) is 1. The fourth-order valence-corrected chi connectivity index (χ4v) is 2.39. The highest BCUT2D eigenvalue weighted by Gasteiger charge is 2.15. The first-order valence-electron chi connectivity index (χ1n) is 8.68. The Hall–Kier alpha value is -1.52. The minimum Gasteiger partial charge on any atom is -0.453 e. The average molecular weight is 326 g/mol. The predicted octanol–water partition coefficient (Wildman–Crippen LogP) is 3.88. The van der Waals surface area contributed by atoms with E-state index in [0.717, 1.165) is 32.1 Å². The number of unbranched alkanes of at least 4 members (excludes halogenated alkanes) is 3. The van der Waals surface area contributed by atoms with Gasteiger partial charge in [-0.1, -0.05) is 38.7 Å². The van der Waals surface area contributed by atoms with Crippen LogP contribution in [0.1, 0.15) is 65.2 Å². The van der Waals surface area contributed by atoms with Crippen molar-refractivity contribution >= 4 is 12.0 Å². The molecule has 0 aliphatic heterocycles. The summed E-state index contributed by atoms with van der Waals surface area (Å²) in [6.45, 7) is 7.94. The molecule has 0 bridgehead atoms. The number of hydrogen-bond donors (Lipinski definition) is 1. The number of ether oxygens (including phenoxy) is 1. The Labute approximate surface area is 141 Å². The molecule has 0 saturated carbocycles. The van der Waals surface area contributed by atoms with Gasteiger partial charge in [0, 0.05) is 25.6 Å². The van der Waals surface area contributed by atoms with Crippen LogP contribution in [0.3, 0.4) is 0 Å². The normalized spacial score (nSPS) is 13.0. The second kappa shape index (κ2) is 13.0. The van der Waals surface area contributed by atoms with Crippen molar-refractivity contribution in [1.82, 2.24) is 10.2 Å². The van der Waals surface area contributed by atoms with Crippen molar-refractivity contribution in [3.05, 3.63) is 12.7 Å². The molecule has 0 aromatic rings. The van der Waals surface area contributed by atoms with Crippen molar-refractivity contribution in [2.45, 2.75) is 77.3 Å². The standard InChI is InChI=1S/C18H34N2O3/c1-6-8-9-13-16(7-2)19-17(21)14-11-10-12-15(3)20(4)18(22)23-5/h7,15-16H,2,6,8-14H2,1,3-5H3,(H,19,21)/t15?,16-/m1/s1. The van der Waals surface area contributed by atoms with Crippen molar-refractivity contribution in [2.24, 2.45) is 0 Å². The van der Waals surface area contributed by atoms with Crippen molar-refractivity contribution in [3.63, 3.8) is 0 Å². The highest BCUT2D eigenvalue weighted by Crippen LogP contribution is 2.10. The molecule has 2 amide bonds. The highest BCUT2D eigenvalue weighted by molar-refractivity contribution is 5.76. The van der Waals surface area contributed by atoms with Gasteiger partial charge in [-0.3, -0.25) is 4.79 Å². The molecule has 5 heteroatoms. The van der Waals surface area contributed by atoms with Crippen LogP contribution in [-0.4, -0.2) is 43.1 Å². The van der Waals surface area contributed by atoms with Gasteiger partial charge in [0.25, 0.3) is 0 Å². The van der Waals surface area contributed by atoms with Crippen LogP contribution in [0.4, 0.5) is 4.79 Å². The van der Waals surface area contributed by atoms with Crippen LogP contribution in [0.15, 0.2) is 12.7 Å². The number of amides is 2. The van der Waals surface area contributed by atoms with Gasteiger partial charge in [-0.15, -0.1) is 6.58 Å². The second-order valence-electron chi connectivity index (χ2n) is 6.08. The molecule has 0 aromatic heterocycles. The SMILES string of the molecule is C=C[C@H](CCCCC)NC(=O)CCCCC(C)N(C)C(=O)OC. The van der Waals surface area contributed by atoms with Crippen LogP contribution in [0.5, 0.6) is 0 Å². The summed E-state index contributed by atoms with van der Waals surface area (Å²) in [7, 11) is 3.11. The molecule has 1 N–H and O–H groups in total. The molecule has 0 aliphatic carbocycles. The van der Waals surface area contributed by atoms with E-state index >= 15 is 0 Å². The number of carbonyl (C=O) groups is 2. The summed E-state index contributed by atoms with van der Waals surface area (Å²) in [5.74, 6) is 0.0837. The molecule has 0 spiro atoms. The van der Waals surface area contributed by atoms with Gasteiger partial charge in [0.15, 0.2) is 0 Å². The molecular formula is C18H34N2O3. The van der Waals surface area contributed by atoms with E-state index in [0.29, 0.717) is 6.42 Å². The van der Waals surface area contributed by atoms with Gasteiger partial charge < -0.3 is 15.0 Å². The third-order valence-electron chi connectivity index (χ3n) is 4.15. The fourth-order valence-electron chi connectivity index (χ4n) is 2.39. The summed E-state index contributed by atoms with van der Waals surface area (Å²) in [4.78, 5) is 24.9. The molecule has 2 atom stereocenters. The van der Waals surface area contributed by atoms with Crippen molar-refractivity contribution < 1.29 is 14.3 Å². The largest absolute Gasteiger partial charge is 0.453 e. The summed E-state index contributed by atoms with van der Waals surface area (Å²) in [6.07, 6.45) is 9.05. The Morgan fingerprint density at radius 1 is 1.22 bits per heavy atom. The first kappa shape index (κ1) is 21.5. The minimum atomic E-state index is -0.323. The van der Waals surface area contributed by atoms with Crippen LogP contribution in [-0.2, 0) is 9.53 Å². The van der Waals surface area contributed by atoms with E-state index in [2.05, 4.69) is 23.6 Å². The van der Waals surface area contributed by atoms with Crippen molar-refractivity contribution in [1.29, 1.82) is 0 Å². The van der Waals surface area contributed by atoms with Crippen LogP contribution in [0.25, 0.3) is 0 Å². The number of methoxy groups -OCH3 is 1. The van der Waals surface area contributed by atoms with Crippen LogP contribution in [0.2, 0.25) is 0 Å². The van der Waals surface area contributed by atoms with Crippen LogP contribution in [0, 0.1) is 0 Å². The fraction of sp³-hybridized carbons (Fsp3) is 0.778. The smallest absolute Gasteiger partial charge is 0.409 e. The molecule has 0 aromatic carbocycles. The van der Waals surface area contributed by atoms with E-state index in [1.165, 1.54) is 20.0 Å². The maximum absolute atomic E-state index is 11.9. The Bertz CT molecular complexity index is 358. The monoisotopic (exact) mass is 326 g/mol. The molecule has 134 valence electrons. The molecule has 0 rings (SSSR count). The van der Waals surface area contributed by atoms with E-state index in [1.54, 1.807) is 11.9 Å². The lowest BCUT2D eigenvalue weighted by molar-refractivity contribution is -0.121. The number of carbonyl (C=O) groups excluding carboxylic acids is 2. The Balaban J connectivity index is 3.88. The van der Waals surface area contributed by atoms with Crippen molar-refractivity contribution in [3.8, 4) is 0 Å². The summed E-state index contributed by atoms with van der Waals surface area (Å²) in [5, 5.41) is 3.02. The topological polar surface area (TPSA) is 58.6 Å². The molecule has 0 aliphatic rings. The van der Waals surface area contributed by atoms with Gasteiger partial charge >= 0.3 is 6.09 Å². The maximum Gasteiger partial charge on any atom is 0.409 e. The Kier molecular flexibility index (Phi) is 12.1. The highest BCUT2D eigenvalue weighted by atomic mass is 16.5. The summed E-state index contributed by atoms with van der Waals surface area (Å²) in [5.41, 5.74) is 0. The quantitative estimate of drug-likeness (QED) is 0.437. The van der Waals surface area contributed by atoms with Gasteiger partial charge in [-0.25, -0.2) is 4.79 Å². The van der Waals surface area contributed by atoms with Gasteiger partial charge in [0.2, 0.25) is 5.91 Å². The maximum atomic E-state index is 11.9. The molecule has 0 heterocycles. The third-order valence-corrected chi connectivity index (χ3v) is 4.15. The number of hydrogen-bond acceptors (Lipinski definition) is 3. The van der Waals surface area contributed by atoms with Gasteiger partial charge in [-0.05, 0) is 26.2 Å². The lowest BCUT2D eigenvalue weighted by Gasteiger charge is -2.23. The second-order valence-corrected chi connectivity index (χ2v) is 6.08. The molecule has 0 saturated heterocycles. The van der Waals surface area contributed by atoms with E-state index in [1.807, 2.05) is 13.0 Å². The van der Waals surface area contributed by atoms with E-state index in [-0.39, 0.29) is 24.1 Å². The van der Waals surface area contributed by atoms with E-state index in [9.17, 15) is 9.59 Å². The molecular weight excluding hydrogens is 292 g/mol. The van der Waals surface area contributed by atoms with E-state index < -0.39 is 0 Å². The zero-order valence-electron chi connectivity index (χ0n) is 15.3. The molecule has 0 fully saturated rings. The molecule has 0 radical (unpaired) electrons. The van der Waals surface area contributed by atoms with Gasteiger partial charge in [-0.2, -0.15) is 0 Å². The zero-order chi connectivity index (χ0) is 17.7. The van der Waals surface area contributed by atoms with Gasteiger partial charge in [0.1, 0.15) is 0 Å². The van der Waals surface area contributed by atoms with Crippen LogP contribution >= 0.6 is 0 Å². The lowest BCUT2D eigenvalue weighted by Crippen LogP contribution is -2.35. The third kappa shape index (κ3) is 9.97. The van der Waals surface area contributed by atoms with Crippen LogP contribution < -0.4 is 5.32 Å². The Morgan fingerprint density at radius 2 is 1.87 bits per heavy atom. The Morgan fingerprint density at radius 3 is 2.43 bits per heavy atom. The summed E-state index contributed by atoms with van der Waals surface area (Å²) < 4.78 is 4.69. The van der Waals surface area contributed by atoms with E-state index in [4.69, 9.17) is 0 Å². The predicted molar refractivity (Wildman–Crippen MR) is 94.4 cm³/mol. The molecule has 1 unspecified atom stereocenters. The number of rotatable bonds is 12. The first-order valence-corrected chi connectivity index (χ1v) is 8.68. The molecule has 23 heavy (non-hydrogen) atoms. The summed E-state index contributed by atoms with van der Waals surface area (Å²) in [6, 6.07) is 0.193. The van der Waals surface area contributed by atoms with Crippen molar-refractivity contribution in [2.75, 3.05) is 14.2 Å². The number of nitrogens with one attached hydrogen (secondary N) is 1. The first-order chi connectivity index (χ1) is 11.0.